The molecule has 0 aromatic carbocycles. The van der Waals surface area contributed by atoms with Gasteiger partial charge < -0.3 is 24.4 Å². The number of aliphatic hydroxyl groups is 1. The molecular weight excluding hydrogens is 346 g/mol. The van der Waals surface area contributed by atoms with Gasteiger partial charge in [-0.1, -0.05) is 11.2 Å². The van der Waals surface area contributed by atoms with Gasteiger partial charge >= 0.3 is 0 Å². The fraction of sp³-hybridized carbons (Fsp3) is 0.600. The second-order valence-corrected chi connectivity index (χ2v) is 7.34. The van der Waals surface area contributed by atoms with E-state index >= 15 is 0 Å². The number of aromatic nitrogens is 2. The average molecular weight is 373 g/mol. The van der Waals surface area contributed by atoms with Crippen molar-refractivity contribution in [2.24, 2.45) is 0 Å². The lowest BCUT2D eigenvalue weighted by Gasteiger charge is -2.35. The molecular formula is C20H27N3O4. The summed E-state index contributed by atoms with van der Waals surface area (Å²) in [6, 6.07) is 8.07. The van der Waals surface area contributed by atoms with E-state index in [1.165, 1.54) is 0 Å². The Morgan fingerprint density at radius 2 is 2.04 bits per heavy atom. The minimum Gasteiger partial charge on any atom is -0.390 e. The Labute approximate surface area is 159 Å². The van der Waals surface area contributed by atoms with Crippen LogP contribution in [0.5, 0.6) is 0 Å². The molecule has 2 aliphatic rings. The van der Waals surface area contributed by atoms with Crippen molar-refractivity contribution < 1.29 is 19.1 Å². The number of pyridine rings is 1. The van der Waals surface area contributed by atoms with E-state index in [0.29, 0.717) is 24.8 Å². The molecule has 2 aromatic heterocycles. The number of aliphatic hydroxyl groups excluding tert-OH is 1. The Morgan fingerprint density at radius 1 is 1.15 bits per heavy atom. The molecule has 2 aromatic rings. The molecule has 27 heavy (non-hydrogen) atoms. The molecule has 0 bridgehead atoms. The Bertz CT molecular complexity index is 702. The number of hydrogen-bond donors (Lipinski definition) is 2. The largest absolute Gasteiger partial charge is 0.390 e. The third-order valence-electron chi connectivity index (χ3n) is 5.32. The van der Waals surface area contributed by atoms with Crippen molar-refractivity contribution in [1.82, 2.24) is 15.5 Å². The maximum Gasteiger partial charge on any atom is 0.185 e. The van der Waals surface area contributed by atoms with Gasteiger partial charge in [-0.2, -0.15) is 0 Å². The number of nitrogens with zero attached hydrogens (tertiary/aromatic N) is 2. The minimum atomic E-state index is -0.421. The first kappa shape index (κ1) is 18.6. The van der Waals surface area contributed by atoms with Crippen molar-refractivity contribution >= 4 is 0 Å². The Morgan fingerprint density at radius 3 is 2.85 bits per heavy atom. The van der Waals surface area contributed by atoms with Crippen molar-refractivity contribution in [3.63, 3.8) is 0 Å². The van der Waals surface area contributed by atoms with Gasteiger partial charge in [-0.3, -0.25) is 4.98 Å². The molecule has 0 unspecified atom stereocenters. The summed E-state index contributed by atoms with van der Waals surface area (Å²) in [6.45, 7) is 2.28. The zero-order chi connectivity index (χ0) is 18.5. The molecule has 0 amide bonds. The quantitative estimate of drug-likeness (QED) is 0.800. The van der Waals surface area contributed by atoms with Gasteiger partial charge in [-0.05, 0) is 37.8 Å². The third kappa shape index (κ3) is 4.93. The maximum absolute atomic E-state index is 10.3. The van der Waals surface area contributed by atoms with E-state index in [-0.39, 0.29) is 12.2 Å². The van der Waals surface area contributed by atoms with Gasteiger partial charge in [0.2, 0.25) is 0 Å². The predicted octanol–water partition coefficient (Wildman–Crippen LogP) is 1.96. The summed E-state index contributed by atoms with van der Waals surface area (Å²) in [5, 5.41) is 18.0. The lowest BCUT2D eigenvalue weighted by atomic mass is 9.97. The van der Waals surface area contributed by atoms with Gasteiger partial charge in [0, 0.05) is 44.5 Å². The number of hydrogen-bond acceptors (Lipinski definition) is 7. The normalized spacial score (nSPS) is 26.9. The van der Waals surface area contributed by atoms with Crippen LogP contribution in [0, 0.1) is 0 Å². The van der Waals surface area contributed by atoms with Crippen LogP contribution in [0.2, 0.25) is 0 Å². The first-order valence-corrected chi connectivity index (χ1v) is 9.79. The van der Waals surface area contributed by atoms with Crippen molar-refractivity contribution in [3.8, 4) is 11.5 Å². The van der Waals surface area contributed by atoms with Crippen LogP contribution in [-0.4, -0.2) is 59.4 Å². The molecule has 2 fully saturated rings. The van der Waals surface area contributed by atoms with Crippen molar-refractivity contribution in [2.45, 2.75) is 56.5 Å². The maximum atomic E-state index is 10.3. The van der Waals surface area contributed by atoms with Gasteiger partial charge in [-0.15, -0.1) is 0 Å². The van der Waals surface area contributed by atoms with Crippen molar-refractivity contribution in [3.05, 3.63) is 36.2 Å². The van der Waals surface area contributed by atoms with Crippen LogP contribution < -0.4 is 5.32 Å². The summed E-state index contributed by atoms with van der Waals surface area (Å²) in [5.74, 6) is 0.666. The van der Waals surface area contributed by atoms with Gasteiger partial charge in [0.05, 0.1) is 24.0 Å². The van der Waals surface area contributed by atoms with Crippen LogP contribution in [0.4, 0.5) is 0 Å². The highest BCUT2D eigenvalue weighted by Gasteiger charge is 2.31. The Hall–Kier alpha value is -1.80. The highest BCUT2D eigenvalue weighted by atomic mass is 16.5. The first-order valence-electron chi connectivity index (χ1n) is 9.79. The summed E-state index contributed by atoms with van der Waals surface area (Å²) in [5.41, 5.74) is 1.63. The molecule has 4 heterocycles. The van der Waals surface area contributed by atoms with Crippen LogP contribution in [0.15, 0.2) is 35.0 Å². The predicted molar refractivity (Wildman–Crippen MR) is 99.2 cm³/mol. The highest BCUT2D eigenvalue weighted by molar-refractivity contribution is 5.51. The zero-order valence-corrected chi connectivity index (χ0v) is 15.4. The van der Waals surface area contributed by atoms with E-state index in [9.17, 15) is 5.11 Å². The summed E-state index contributed by atoms with van der Waals surface area (Å²) >= 11 is 0. The summed E-state index contributed by atoms with van der Waals surface area (Å²) in [6.07, 6.45) is 5.44. The molecule has 7 heteroatoms. The topological polar surface area (TPSA) is 89.6 Å². The van der Waals surface area contributed by atoms with E-state index in [4.69, 9.17) is 14.0 Å². The number of rotatable bonds is 6. The van der Waals surface area contributed by atoms with E-state index in [2.05, 4.69) is 15.5 Å². The molecule has 4 rings (SSSR count). The van der Waals surface area contributed by atoms with E-state index in [1.54, 1.807) is 6.20 Å². The number of nitrogens with one attached hydrogen (secondary N) is 1. The van der Waals surface area contributed by atoms with Crippen LogP contribution in [-0.2, 0) is 15.9 Å². The minimum absolute atomic E-state index is 0.0385. The van der Waals surface area contributed by atoms with Crippen LogP contribution in [0.1, 0.15) is 31.4 Å². The molecule has 0 spiro atoms. The van der Waals surface area contributed by atoms with E-state index in [1.807, 2.05) is 24.3 Å². The lowest BCUT2D eigenvalue weighted by Crippen LogP contribution is -2.48. The molecule has 0 radical (unpaired) electrons. The van der Waals surface area contributed by atoms with Crippen LogP contribution in [0.3, 0.4) is 0 Å². The molecule has 146 valence electrons. The third-order valence-corrected chi connectivity index (χ3v) is 5.32. The summed E-state index contributed by atoms with van der Waals surface area (Å²) in [4.78, 5) is 4.28. The van der Waals surface area contributed by atoms with Gasteiger partial charge in [0.25, 0.3) is 0 Å². The highest BCUT2D eigenvalue weighted by Crippen LogP contribution is 2.24. The summed E-state index contributed by atoms with van der Waals surface area (Å²) in [7, 11) is 0. The fourth-order valence-corrected chi connectivity index (χ4v) is 3.74. The monoisotopic (exact) mass is 373 g/mol. The molecule has 0 aliphatic carbocycles. The van der Waals surface area contributed by atoms with E-state index in [0.717, 1.165) is 50.3 Å². The van der Waals surface area contributed by atoms with Gasteiger partial charge in [0.1, 0.15) is 5.69 Å². The molecule has 2 saturated heterocycles. The first-order chi connectivity index (χ1) is 13.3. The van der Waals surface area contributed by atoms with E-state index < -0.39 is 6.10 Å². The Balaban J connectivity index is 1.31. The molecule has 2 N–H and O–H groups in total. The molecule has 3 atom stereocenters. The average Bonchev–Trinajstić information content (AvgIpc) is 3.18. The van der Waals surface area contributed by atoms with Gasteiger partial charge in [-0.25, -0.2) is 0 Å². The lowest BCUT2D eigenvalue weighted by molar-refractivity contribution is -0.116. The SMILES string of the molecule is O[C@H]1CC[C@@H](Cc2cc(-c3ccccn3)on2)O[C@@H]1CNC1CCOCC1. The Kier molecular flexibility index (Phi) is 6.14. The molecule has 2 aliphatic heterocycles. The second-order valence-electron chi connectivity index (χ2n) is 7.34. The molecule has 0 saturated carbocycles. The van der Waals surface area contributed by atoms with Crippen molar-refractivity contribution in [1.29, 1.82) is 0 Å². The van der Waals surface area contributed by atoms with Crippen molar-refractivity contribution in [2.75, 3.05) is 19.8 Å². The second kappa shape index (κ2) is 8.93. The zero-order valence-electron chi connectivity index (χ0n) is 15.4. The standard InChI is InChI=1S/C20H27N3O4/c24-18-5-4-16(26-20(18)13-22-14-6-9-25-10-7-14)11-15-12-19(27-23-15)17-3-1-2-8-21-17/h1-3,8,12,14,16,18,20,22,24H,4-7,9-11,13H2/t16-,18-,20+/m0/s1. The summed E-state index contributed by atoms with van der Waals surface area (Å²) < 4.78 is 17.0. The van der Waals surface area contributed by atoms with Crippen LogP contribution in [0.25, 0.3) is 11.5 Å². The smallest absolute Gasteiger partial charge is 0.185 e. The molecule has 7 nitrogen and oxygen atoms in total. The van der Waals surface area contributed by atoms with Gasteiger partial charge in [0.15, 0.2) is 5.76 Å². The number of ether oxygens (including phenoxy) is 2. The van der Waals surface area contributed by atoms with Crippen LogP contribution >= 0.6 is 0 Å². The fourth-order valence-electron chi connectivity index (χ4n) is 3.74.